The Morgan fingerprint density at radius 1 is 1.27 bits per heavy atom. The minimum Gasteiger partial charge on any atom is -0.338 e. The van der Waals surface area contributed by atoms with E-state index in [2.05, 4.69) is 55.7 Å². The summed E-state index contributed by atoms with van der Waals surface area (Å²) >= 11 is 0. The SMILES string of the molecule is Cc1cc2ccccc2n1C(C)(C)CN. The average Bonchev–Trinajstić information content (AvgIpc) is 2.54. The van der Waals surface area contributed by atoms with Crippen molar-refractivity contribution in [2.24, 2.45) is 5.73 Å². The topological polar surface area (TPSA) is 30.9 Å². The van der Waals surface area contributed by atoms with Gasteiger partial charge >= 0.3 is 0 Å². The fourth-order valence-electron chi connectivity index (χ4n) is 2.19. The largest absolute Gasteiger partial charge is 0.338 e. The number of hydrogen-bond donors (Lipinski definition) is 1. The molecule has 0 radical (unpaired) electrons. The summed E-state index contributed by atoms with van der Waals surface area (Å²) in [5.74, 6) is 0. The molecule has 0 bridgehead atoms. The van der Waals surface area contributed by atoms with Gasteiger partial charge in [0, 0.05) is 17.8 Å². The maximum Gasteiger partial charge on any atom is 0.0514 e. The summed E-state index contributed by atoms with van der Waals surface area (Å²) in [7, 11) is 0. The van der Waals surface area contributed by atoms with Crippen molar-refractivity contribution in [3.05, 3.63) is 36.0 Å². The lowest BCUT2D eigenvalue weighted by atomic mass is 10.1. The molecule has 0 unspecified atom stereocenters. The number of benzene rings is 1. The Balaban J connectivity index is 2.74. The van der Waals surface area contributed by atoms with Gasteiger partial charge in [0.1, 0.15) is 0 Å². The van der Waals surface area contributed by atoms with Crippen LogP contribution in [0, 0.1) is 6.92 Å². The first-order chi connectivity index (χ1) is 7.06. The first kappa shape index (κ1) is 10.2. The molecule has 0 atom stereocenters. The standard InChI is InChI=1S/C13H18N2/c1-10-8-11-6-4-5-7-12(11)15(10)13(2,3)9-14/h4-8H,9,14H2,1-3H3. The third-order valence-corrected chi connectivity index (χ3v) is 3.00. The van der Waals surface area contributed by atoms with E-state index in [-0.39, 0.29) is 5.54 Å². The Morgan fingerprint density at radius 3 is 2.60 bits per heavy atom. The van der Waals surface area contributed by atoms with Crippen molar-refractivity contribution >= 4 is 10.9 Å². The van der Waals surface area contributed by atoms with E-state index in [0.717, 1.165) is 0 Å². The molecule has 0 aliphatic heterocycles. The van der Waals surface area contributed by atoms with Crippen molar-refractivity contribution in [3.8, 4) is 0 Å². The summed E-state index contributed by atoms with van der Waals surface area (Å²) in [6.45, 7) is 7.13. The second-order valence-electron chi connectivity index (χ2n) is 4.70. The lowest BCUT2D eigenvalue weighted by Crippen LogP contribution is -2.35. The molecule has 2 aromatic rings. The van der Waals surface area contributed by atoms with Gasteiger partial charge in [0.15, 0.2) is 0 Å². The molecule has 80 valence electrons. The Labute approximate surface area is 90.7 Å². The third kappa shape index (κ3) is 1.55. The number of hydrogen-bond acceptors (Lipinski definition) is 1. The van der Waals surface area contributed by atoms with Crippen LogP contribution in [0.1, 0.15) is 19.5 Å². The molecule has 1 heterocycles. The zero-order valence-electron chi connectivity index (χ0n) is 9.62. The molecule has 0 aliphatic rings. The second-order valence-corrected chi connectivity index (χ2v) is 4.70. The van der Waals surface area contributed by atoms with Crippen LogP contribution in [-0.2, 0) is 5.54 Å². The molecular formula is C13H18N2. The van der Waals surface area contributed by atoms with E-state index in [1.165, 1.54) is 16.6 Å². The van der Waals surface area contributed by atoms with Gasteiger partial charge in [0.25, 0.3) is 0 Å². The summed E-state index contributed by atoms with van der Waals surface area (Å²) in [5, 5.41) is 1.29. The van der Waals surface area contributed by atoms with Gasteiger partial charge in [0.2, 0.25) is 0 Å². The molecule has 2 heteroatoms. The smallest absolute Gasteiger partial charge is 0.0514 e. The molecule has 0 aliphatic carbocycles. The molecule has 1 aromatic carbocycles. The van der Waals surface area contributed by atoms with Gasteiger partial charge in [-0.15, -0.1) is 0 Å². The molecule has 0 saturated carbocycles. The van der Waals surface area contributed by atoms with Crippen molar-refractivity contribution in [2.75, 3.05) is 6.54 Å². The lowest BCUT2D eigenvalue weighted by molar-refractivity contribution is 0.373. The molecule has 0 saturated heterocycles. The molecule has 2 N–H and O–H groups in total. The van der Waals surface area contributed by atoms with Crippen LogP contribution in [0.15, 0.2) is 30.3 Å². The van der Waals surface area contributed by atoms with E-state index >= 15 is 0 Å². The predicted octanol–water partition coefficient (Wildman–Crippen LogP) is 2.64. The minimum absolute atomic E-state index is 0.0206. The van der Waals surface area contributed by atoms with Crippen LogP contribution in [0.25, 0.3) is 10.9 Å². The van der Waals surface area contributed by atoms with Gasteiger partial charge in [-0.3, -0.25) is 0 Å². The van der Waals surface area contributed by atoms with Crippen LogP contribution in [-0.4, -0.2) is 11.1 Å². The first-order valence-electron chi connectivity index (χ1n) is 5.34. The Hall–Kier alpha value is -1.28. The number of nitrogens with two attached hydrogens (primary N) is 1. The summed E-state index contributed by atoms with van der Waals surface area (Å²) in [4.78, 5) is 0. The summed E-state index contributed by atoms with van der Waals surface area (Å²) < 4.78 is 2.32. The van der Waals surface area contributed by atoms with Gasteiger partial charge in [-0.25, -0.2) is 0 Å². The van der Waals surface area contributed by atoms with Gasteiger partial charge in [-0.1, -0.05) is 18.2 Å². The summed E-state index contributed by atoms with van der Waals surface area (Å²) in [6, 6.07) is 10.7. The highest BCUT2D eigenvalue weighted by Gasteiger charge is 2.21. The molecule has 0 spiro atoms. The van der Waals surface area contributed by atoms with Crippen LogP contribution in [0.4, 0.5) is 0 Å². The number of rotatable bonds is 2. The number of nitrogens with zero attached hydrogens (tertiary/aromatic N) is 1. The molecule has 2 nitrogen and oxygen atoms in total. The zero-order valence-corrected chi connectivity index (χ0v) is 9.62. The molecular weight excluding hydrogens is 184 g/mol. The monoisotopic (exact) mass is 202 g/mol. The van der Waals surface area contributed by atoms with E-state index in [0.29, 0.717) is 6.54 Å². The maximum absolute atomic E-state index is 5.84. The van der Waals surface area contributed by atoms with Crippen LogP contribution in [0.2, 0.25) is 0 Å². The summed E-state index contributed by atoms with van der Waals surface area (Å²) in [5.41, 5.74) is 8.35. The van der Waals surface area contributed by atoms with Crippen molar-refractivity contribution in [1.29, 1.82) is 0 Å². The lowest BCUT2D eigenvalue weighted by Gasteiger charge is -2.28. The van der Waals surface area contributed by atoms with Crippen LogP contribution < -0.4 is 5.73 Å². The molecule has 15 heavy (non-hydrogen) atoms. The minimum atomic E-state index is -0.0206. The average molecular weight is 202 g/mol. The van der Waals surface area contributed by atoms with Crippen molar-refractivity contribution in [2.45, 2.75) is 26.3 Å². The van der Waals surface area contributed by atoms with E-state index < -0.39 is 0 Å². The third-order valence-electron chi connectivity index (χ3n) is 3.00. The highest BCUT2D eigenvalue weighted by atomic mass is 15.1. The fraction of sp³-hybridized carbons (Fsp3) is 0.385. The van der Waals surface area contributed by atoms with Gasteiger partial charge in [-0.05, 0) is 38.3 Å². The normalized spacial score (nSPS) is 12.3. The van der Waals surface area contributed by atoms with E-state index in [1.54, 1.807) is 0 Å². The van der Waals surface area contributed by atoms with Gasteiger partial charge in [0.05, 0.1) is 5.54 Å². The molecule has 1 aromatic heterocycles. The molecule has 0 fully saturated rings. The Morgan fingerprint density at radius 2 is 1.93 bits per heavy atom. The van der Waals surface area contributed by atoms with Crippen molar-refractivity contribution in [1.82, 2.24) is 4.57 Å². The predicted molar refractivity (Wildman–Crippen MR) is 65.1 cm³/mol. The first-order valence-corrected chi connectivity index (χ1v) is 5.34. The highest BCUT2D eigenvalue weighted by molar-refractivity contribution is 5.81. The van der Waals surface area contributed by atoms with Gasteiger partial charge in [-0.2, -0.15) is 0 Å². The van der Waals surface area contributed by atoms with Gasteiger partial charge < -0.3 is 10.3 Å². The Kier molecular flexibility index (Phi) is 2.31. The molecule has 2 rings (SSSR count). The van der Waals surface area contributed by atoms with Crippen LogP contribution >= 0.6 is 0 Å². The zero-order chi connectivity index (χ0) is 11.1. The highest BCUT2D eigenvalue weighted by Crippen LogP contribution is 2.26. The van der Waals surface area contributed by atoms with Crippen molar-refractivity contribution < 1.29 is 0 Å². The fourth-order valence-corrected chi connectivity index (χ4v) is 2.19. The number of aromatic nitrogens is 1. The molecule has 0 amide bonds. The van der Waals surface area contributed by atoms with Crippen molar-refractivity contribution in [3.63, 3.8) is 0 Å². The van der Waals surface area contributed by atoms with E-state index in [1.807, 2.05) is 0 Å². The second kappa shape index (κ2) is 3.38. The quantitative estimate of drug-likeness (QED) is 0.797. The number of aryl methyl sites for hydroxylation is 1. The van der Waals surface area contributed by atoms with Crippen LogP contribution in [0.5, 0.6) is 0 Å². The van der Waals surface area contributed by atoms with E-state index in [4.69, 9.17) is 5.73 Å². The summed E-state index contributed by atoms with van der Waals surface area (Å²) in [6.07, 6.45) is 0. The Bertz CT molecular complexity index is 480. The van der Waals surface area contributed by atoms with E-state index in [9.17, 15) is 0 Å². The number of para-hydroxylation sites is 1. The number of fused-ring (bicyclic) bond motifs is 1. The van der Waals surface area contributed by atoms with Crippen LogP contribution in [0.3, 0.4) is 0 Å². The maximum atomic E-state index is 5.84.